The van der Waals surface area contributed by atoms with Gasteiger partial charge in [-0.25, -0.2) is 13.4 Å². The molecule has 90 valence electrons. The van der Waals surface area contributed by atoms with Gasteiger partial charge in [-0.15, -0.1) is 11.3 Å². The maximum absolute atomic E-state index is 11.0. The van der Waals surface area contributed by atoms with Gasteiger partial charge in [-0.1, -0.05) is 0 Å². The van der Waals surface area contributed by atoms with Gasteiger partial charge in [-0.3, -0.25) is 4.79 Å². The average Bonchev–Trinajstić information content (AvgIpc) is 2.59. The third kappa shape index (κ3) is 4.71. The number of esters is 1. The Balaban J connectivity index is 2.55. The largest absolute Gasteiger partial charge is 0.469 e. The highest BCUT2D eigenvalue weighted by atomic mass is 32.2. The van der Waals surface area contributed by atoms with Crippen molar-refractivity contribution in [2.75, 3.05) is 13.4 Å². The van der Waals surface area contributed by atoms with Crippen molar-refractivity contribution in [3.05, 3.63) is 16.1 Å². The summed E-state index contributed by atoms with van der Waals surface area (Å²) in [5, 5.41) is 2.33. The van der Waals surface area contributed by atoms with Crippen molar-refractivity contribution in [1.82, 2.24) is 4.98 Å². The van der Waals surface area contributed by atoms with Crippen LogP contribution in [0.1, 0.15) is 17.1 Å². The summed E-state index contributed by atoms with van der Waals surface area (Å²) in [4.78, 5) is 15.0. The van der Waals surface area contributed by atoms with E-state index in [2.05, 4.69) is 9.72 Å². The summed E-state index contributed by atoms with van der Waals surface area (Å²) in [7, 11) is -1.71. The molecule has 0 amide bonds. The number of hydrogen-bond acceptors (Lipinski definition) is 6. The van der Waals surface area contributed by atoms with Crippen molar-refractivity contribution < 1.29 is 17.9 Å². The summed E-state index contributed by atoms with van der Waals surface area (Å²) in [6, 6.07) is 0. The fraction of sp³-hybridized carbons (Fsp3) is 0.556. The topological polar surface area (TPSA) is 73.3 Å². The second kappa shape index (κ2) is 5.40. The summed E-state index contributed by atoms with van der Waals surface area (Å²) >= 11 is 1.29. The van der Waals surface area contributed by atoms with Gasteiger partial charge in [0.15, 0.2) is 9.84 Å². The Hall–Kier alpha value is -0.950. The predicted molar refractivity (Wildman–Crippen MR) is 61.0 cm³/mol. The molecule has 1 heterocycles. The maximum atomic E-state index is 11.0. The van der Waals surface area contributed by atoms with Crippen molar-refractivity contribution in [2.45, 2.75) is 18.6 Å². The van der Waals surface area contributed by atoms with Crippen LogP contribution in [0.5, 0.6) is 0 Å². The fourth-order valence-electron chi connectivity index (χ4n) is 1.09. The molecule has 0 atom stereocenters. The molecule has 1 rings (SSSR count). The molecule has 0 aliphatic heterocycles. The number of ether oxygens (including phenoxy) is 1. The molecule has 0 radical (unpaired) electrons. The van der Waals surface area contributed by atoms with E-state index in [9.17, 15) is 13.2 Å². The van der Waals surface area contributed by atoms with Crippen LogP contribution in [0.15, 0.2) is 5.38 Å². The third-order valence-corrected chi connectivity index (χ3v) is 3.68. The van der Waals surface area contributed by atoms with Crippen LogP contribution in [0.2, 0.25) is 0 Å². The summed E-state index contributed by atoms with van der Waals surface area (Å²) in [5.74, 6) is -0.340. The van der Waals surface area contributed by atoms with Gasteiger partial charge in [0.2, 0.25) is 0 Å². The van der Waals surface area contributed by atoms with Crippen molar-refractivity contribution in [3.8, 4) is 0 Å². The Morgan fingerprint density at radius 2 is 2.25 bits per heavy atom. The van der Waals surface area contributed by atoms with Gasteiger partial charge in [0.25, 0.3) is 0 Å². The number of nitrogens with zero attached hydrogens (tertiary/aromatic N) is 1. The van der Waals surface area contributed by atoms with Gasteiger partial charge < -0.3 is 4.74 Å². The first-order valence-electron chi connectivity index (χ1n) is 4.58. The molecule has 0 saturated heterocycles. The van der Waals surface area contributed by atoms with Crippen LogP contribution in [-0.2, 0) is 31.5 Å². The highest BCUT2D eigenvalue weighted by Gasteiger charge is 2.10. The average molecular weight is 263 g/mol. The van der Waals surface area contributed by atoms with E-state index >= 15 is 0 Å². The van der Waals surface area contributed by atoms with Crippen LogP contribution < -0.4 is 0 Å². The second-order valence-electron chi connectivity index (χ2n) is 3.38. The van der Waals surface area contributed by atoms with Gasteiger partial charge in [0.1, 0.15) is 10.8 Å². The van der Waals surface area contributed by atoms with Crippen molar-refractivity contribution in [1.29, 1.82) is 0 Å². The first-order valence-corrected chi connectivity index (χ1v) is 7.52. The van der Waals surface area contributed by atoms with E-state index < -0.39 is 9.84 Å². The van der Waals surface area contributed by atoms with Gasteiger partial charge in [0, 0.05) is 18.1 Å². The molecule has 0 aromatic carbocycles. The zero-order chi connectivity index (χ0) is 12.2. The van der Waals surface area contributed by atoms with Crippen LogP contribution in [0, 0.1) is 0 Å². The quantitative estimate of drug-likeness (QED) is 0.734. The highest BCUT2D eigenvalue weighted by molar-refractivity contribution is 7.90. The third-order valence-electron chi connectivity index (χ3n) is 1.80. The van der Waals surface area contributed by atoms with E-state index in [4.69, 9.17) is 0 Å². The lowest BCUT2D eigenvalue weighted by atomic mass is 10.2. The van der Waals surface area contributed by atoms with Crippen LogP contribution >= 0.6 is 11.3 Å². The molecule has 16 heavy (non-hydrogen) atoms. The number of rotatable bonds is 5. The molecule has 7 heteroatoms. The standard InChI is InChI=1S/C9H13NO4S2/c1-14-9(11)4-3-7-5-15-8(10-7)6-16(2,12)13/h5H,3-4,6H2,1-2H3. The number of sulfone groups is 1. The zero-order valence-electron chi connectivity index (χ0n) is 9.10. The van der Waals surface area contributed by atoms with E-state index in [1.54, 1.807) is 5.38 Å². The van der Waals surface area contributed by atoms with E-state index in [0.717, 1.165) is 5.69 Å². The van der Waals surface area contributed by atoms with E-state index in [-0.39, 0.29) is 18.1 Å². The lowest BCUT2D eigenvalue weighted by molar-refractivity contribution is -0.140. The summed E-state index contributed by atoms with van der Waals surface area (Å²) in [6.45, 7) is 0. The minimum atomic E-state index is -3.04. The van der Waals surface area contributed by atoms with Crippen LogP contribution in [0.3, 0.4) is 0 Å². The van der Waals surface area contributed by atoms with Crippen LogP contribution in [0.25, 0.3) is 0 Å². The maximum Gasteiger partial charge on any atom is 0.305 e. The van der Waals surface area contributed by atoms with Gasteiger partial charge in [-0.05, 0) is 0 Å². The Kier molecular flexibility index (Phi) is 4.43. The molecule has 5 nitrogen and oxygen atoms in total. The molecular weight excluding hydrogens is 250 g/mol. The Morgan fingerprint density at radius 3 is 2.81 bits per heavy atom. The molecule has 0 aliphatic carbocycles. The Bertz CT molecular complexity index is 464. The first kappa shape index (κ1) is 13.1. The number of methoxy groups -OCH3 is 1. The molecule has 0 aliphatic rings. The number of carbonyl (C=O) groups is 1. The van der Waals surface area contributed by atoms with E-state index in [0.29, 0.717) is 11.4 Å². The van der Waals surface area contributed by atoms with E-state index in [1.807, 2.05) is 0 Å². The SMILES string of the molecule is COC(=O)CCc1csc(CS(C)(=O)=O)n1. The fourth-order valence-corrected chi connectivity index (χ4v) is 3.13. The number of carbonyl (C=O) groups excluding carboxylic acids is 1. The second-order valence-corrected chi connectivity index (χ2v) is 6.46. The molecule has 0 N–H and O–H groups in total. The van der Waals surface area contributed by atoms with Gasteiger partial charge in [0.05, 0.1) is 19.2 Å². The predicted octanol–water partition coefficient (Wildman–Crippen LogP) is 0.793. The zero-order valence-corrected chi connectivity index (χ0v) is 10.7. The first-order chi connectivity index (χ1) is 7.40. The molecule has 0 saturated carbocycles. The monoisotopic (exact) mass is 263 g/mol. The Labute approximate surface area is 98.4 Å². The smallest absolute Gasteiger partial charge is 0.305 e. The van der Waals surface area contributed by atoms with Crippen LogP contribution in [-0.4, -0.2) is 32.7 Å². The number of aromatic nitrogens is 1. The lowest BCUT2D eigenvalue weighted by Gasteiger charge is -1.96. The van der Waals surface area contributed by atoms with Crippen LogP contribution in [0.4, 0.5) is 0 Å². The number of hydrogen-bond donors (Lipinski definition) is 0. The van der Waals surface area contributed by atoms with Crippen molar-refractivity contribution >= 4 is 27.1 Å². The highest BCUT2D eigenvalue weighted by Crippen LogP contribution is 2.14. The molecule has 0 bridgehead atoms. The lowest BCUT2D eigenvalue weighted by Crippen LogP contribution is -2.03. The molecular formula is C9H13NO4S2. The van der Waals surface area contributed by atoms with Gasteiger partial charge in [-0.2, -0.15) is 0 Å². The summed E-state index contributed by atoms with van der Waals surface area (Å²) in [5.41, 5.74) is 0.731. The minimum absolute atomic E-state index is 0.0457. The number of thiazole rings is 1. The molecule has 0 unspecified atom stereocenters. The van der Waals surface area contributed by atoms with Crippen molar-refractivity contribution in [2.24, 2.45) is 0 Å². The van der Waals surface area contributed by atoms with Crippen molar-refractivity contribution in [3.63, 3.8) is 0 Å². The molecule has 1 aromatic heterocycles. The molecule has 1 aromatic rings. The minimum Gasteiger partial charge on any atom is -0.469 e. The van der Waals surface area contributed by atoms with Gasteiger partial charge >= 0.3 is 5.97 Å². The van der Waals surface area contributed by atoms with E-state index in [1.165, 1.54) is 24.7 Å². The number of aryl methyl sites for hydroxylation is 1. The Morgan fingerprint density at radius 1 is 1.56 bits per heavy atom. The molecule has 0 spiro atoms. The summed E-state index contributed by atoms with van der Waals surface area (Å²) in [6.07, 6.45) is 1.91. The summed E-state index contributed by atoms with van der Waals surface area (Å²) < 4.78 is 26.5. The molecule has 0 fully saturated rings. The normalized spacial score (nSPS) is 11.4.